The van der Waals surface area contributed by atoms with E-state index in [1.54, 1.807) is 36.4 Å². The number of carbonyl (C=O) groups excluding carboxylic acids is 1. The first-order valence-corrected chi connectivity index (χ1v) is 12.0. The molecule has 35 heavy (non-hydrogen) atoms. The summed E-state index contributed by atoms with van der Waals surface area (Å²) in [7, 11) is 1.63. The van der Waals surface area contributed by atoms with Gasteiger partial charge in [0, 0.05) is 22.7 Å². The van der Waals surface area contributed by atoms with E-state index in [2.05, 4.69) is 34.6 Å². The molecular formula is C27H26Cl2N4O2. The van der Waals surface area contributed by atoms with E-state index in [0.717, 1.165) is 34.6 Å². The maximum absolute atomic E-state index is 13.4. The Morgan fingerprint density at radius 1 is 1.00 bits per heavy atom. The third kappa shape index (κ3) is 6.15. The van der Waals surface area contributed by atoms with E-state index < -0.39 is 0 Å². The van der Waals surface area contributed by atoms with Crippen molar-refractivity contribution in [2.45, 2.75) is 26.4 Å². The number of hydrogen-bond donors (Lipinski definition) is 2. The fourth-order valence-corrected chi connectivity index (χ4v) is 4.19. The number of amides is 2. The Labute approximate surface area is 214 Å². The van der Waals surface area contributed by atoms with Crippen LogP contribution < -0.4 is 10.1 Å². The molecule has 3 aromatic carbocycles. The monoisotopic (exact) mass is 508 g/mol. The summed E-state index contributed by atoms with van der Waals surface area (Å²) in [6.07, 6.45) is 2.70. The van der Waals surface area contributed by atoms with Crippen molar-refractivity contribution in [1.29, 1.82) is 0 Å². The number of H-pyrrole nitrogens is 1. The smallest absolute Gasteiger partial charge is 0.322 e. The summed E-state index contributed by atoms with van der Waals surface area (Å²) in [6.45, 7) is 2.86. The van der Waals surface area contributed by atoms with E-state index in [-0.39, 0.29) is 6.03 Å². The van der Waals surface area contributed by atoms with Gasteiger partial charge in [-0.15, -0.1) is 0 Å². The number of aromatic nitrogens is 2. The molecule has 0 atom stereocenters. The first-order chi connectivity index (χ1) is 17.0. The van der Waals surface area contributed by atoms with Crippen LogP contribution >= 0.6 is 23.2 Å². The lowest BCUT2D eigenvalue weighted by Gasteiger charge is -2.24. The minimum absolute atomic E-state index is 0.282. The molecule has 0 unspecified atom stereocenters. The van der Waals surface area contributed by atoms with E-state index in [1.807, 2.05) is 36.4 Å². The number of aryl methyl sites for hydroxylation is 1. The van der Waals surface area contributed by atoms with E-state index in [1.165, 1.54) is 5.56 Å². The number of aromatic amines is 1. The molecule has 2 N–H and O–H groups in total. The van der Waals surface area contributed by atoms with Gasteiger partial charge in [0.25, 0.3) is 0 Å². The highest BCUT2D eigenvalue weighted by atomic mass is 35.5. The minimum atomic E-state index is -0.282. The highest BCUT2D eigenvalue weighted by molar-refractivity contribution is 6.36. The zero-order valence-electron chi connectivity index (χ0n) is 19.5. The van der Waals surface area contributed by atoms with Crippen LogP contribution in [0.25, 0.3) is 11.3 Å². The lowest BCUT2D eigenvalue weighted by Crippen LogP contribution is -2.34. The number of nitrogens with zero attached hydrogens (tertiary/aromatic N) is 2. The maximum Gasteiger partial charge on any atom is 0.322 e. The van der Waals surface area contributed by atoms with Gasteiger partial charge in [-0.2, -0.15) is 5.10 Å². The predicted octanol–water partition coefficient (Wildman–Crippen LogP) is 7.19. The summed E-state index contributed by atoms with van der Waals surface area (Å²) in [6, 6.07) is 20.7. The van der Waals surface area contributed by atoms with Crippen LogP contribution in [-0.2, 0) is 19.5 Å². The van der Waals surface area contributed by atoms with Gasteiger partial charge in [-0.3, -0.25) is 5.10 Å². The molecule has 0 fully saturated rings. The number of anilines is 1. The Morgan fingerprint density at radius 3 is 2.37 bits per heavy atom. The number of nitrogens with one attached hydrogen (secondary N) is 2. The SMILES string of the molecule is CCc1ccc(CN(Cc2cn[nH]c2-c2ccc(OC)cc2)C(=O)Nc2ccc(Cl)cc2Cl)cc1. The Bertz CT molecular complexity index is 1290. The fraction of sp³-hybridized carbons (Fsp3) is 0.185. The molecule has 8 heteroatoms. The van der Waals surface area contributed by atoms with Crippen LogP contribution in [0.1, 0.15) is 23.6 Å². The van der Waals surface area contributed by atoms with Gasteiger partial charge in [-0.25, -0.2) is 4.79 Å². The molecule has 0 aliphatic rings. The Hall–Kier alpha value is -3.48. The van der Waals surface area contributed by atoms with E-state index in [9.17, 15) is 4.79 Å². The average Bonchev–Trinajstić information content (AvgIpc) is 3.34. The van der Waals surface area contributed by atoms with E-state index in [4.69, 9.17) is 27.9 Å². The zero-order valence-corrected chi connectivity index (χ0v) is 21.0. The third-order valence-corrected chi connectivity index (χ3v) is 6.27. The van der Waals surface area contributed by atoms with Gasteiger partial charge < -0.3 is 15.0 Å². The number of rotatable bonds is 8. The molecule has 4 rings (SSSR count). The molecule has 0 saturated heterocycles. The molecular weight excluding hydrogens is 483 g/mol. The molecule has 0 aliphatic carbocycles. The molecule has 1 heterocycles. The van der Waals surface area contributed by atoms with Gasteiger partial charge in [0.2, 0.25) is 0 Å². The van der Waals surface area contributed by atoms with Crippen LogP contribution in [0.2, 0.25) is 10.0 Å². The largest absolute Gasteiger partial charge is 0.497 e. The zero-order chi connectivity index (χ0) is 24.8. The van der Waals surface area contributed by atoms with Crippen molar-refractivity contribution in [3.8, 4) is 17.0 Å². The molecule has 0 radical (unpaired) electrons. The summed E-state index contributed by atoms with van der Waals surface area (Å²) in [4.78, 5) is 15.1. The number of benzene rings is 3. The first kappa shape index (κ1) is 24.6. The van der Waals surface area contributed by atoms with Crippen LogP contribution in [0, 0.1) is 0 Å². The van der Waals surface area contributed by atoms with Crippen molar-refractivity contribution in [3.05, 3.63) is 99.7 Å². The summed E-state index contributed by atoms with van der Waals surface area (Å²) >= 11 is 12.3. The van der Waals surface area contributed by atoms with Gasteiger partial charge in [-0.1, -0.05) is 54.4 Å². The van der Waals surface area contributed by atoms with Crippen molar-refractivity contribution >= 4 is 34.9 Å². The van der Waals surface area contributed by atoms with Crippen molar-refractivity contribution in [3.63, 3.8) is 0 Å². The second-order valence-electron chi connectivity index (χ2n) is 8.08. The van der Waals surface area contributed by atoms with Crippen LogP contribution in [0.15, 0.2) is 72.9 Å². The van der Waals surface area contributed by atoms with Crippen molar-refractivity contribution in [2.75, 3.05) is 12.4 Å². The number of hydrogen-bond acceptors (Lipinski definition) is 3. The second-order valence-corrected chi connectivity index (χ2v) is 8.92. The quantitative estimate of drug-likeness (QED) is 0.264. The van der Waals surface area contributed by atoms with Crippen molar-refractivity contribution < 1.29 is 9.53 Å². The summed E-state index contributed by atoms with van der Waals surface area (Å²) in [5.74, 6) is 0.770. The highest BCUT2D eigenvalue weighted by Gasteiger charge is 2.19. The summed E-state index contributed by atoms with van der Waals surface area (Å²) in [5.41, 5.74) is 5.44. The van der Waals surface area contributed by atoms with Crippen LogP contribution in [0.3, 0.4) is 0 Å². The minimum Gasteiger partial charge on any atom is -0.497 e. The number of carbonyl (C=O) groups is 1. The molecule has 6 nitrogen and oxygen atoms in total. The van der Waals surface area contributed by atoms with Gasteiger partial charge >= 0.3 is 6.03 Å². The Morgan fingerprint density at radius 2 is 1.71 bits per heavy atom. The fourth-order valence-electron chi connectivity index (χ4n) is 3.73. The average molecular weight is 509 g/mol. The molecule has 0 aliphatic heterocycles. The maximum atomic E-state index is 13.4. The number of methoxy groups -OCH3 is 1. The van der Waals surface area contributed by atoms with Crippen molar-refractivity contribution in [1.82, 2.24) is 15.1 Å². The molecule has 2 amide bonds. The van der Waals surface area contributed by atoms with Gasteiger partial charge in [0.15, 0.2) is 0 Å². The van der Waals surface area contributed by atoms with Gasteiger partial charge in [0.1, 0.15) is 5.75 Å². The Kier molecular flexibility index (Phi) is 7.95. The third-order valence-electron chi connectivity index (χ3n) is 5.72. The molecule has 0 spiro atoms. The number of urea groups is 1. The second kappa shape index (κ2) is 11.3. The summed E-state index contributed by atoms with van der Waals surface area (Å²) in [5, 5.41) is 11.1. The molecule has 180 valence electrons. The number of halogens is 2. The molecule has 0 bridgehead atoms. The molecule has 4 aromatic rings. The lowest BCUT2D eigenvalue weighted by molar-refractivity contribution is 0.206. The lowest BCUT2D eigenvalue weighted by atomic mass is 10.1. The van der Waals surface area contributed by atoms with Crippen molar-refractivity contribution in [2.24, 2.45) is 0 Å². The normalized spacial score (nSPS) is 10.7. The highest BCUT2D eigenvalue weighted by Crippen LogP contribution is 2.28. The van der Waals surface area contributed by atoms with E-state index in [0.29, 0.717) is 28.8 Å². The molecule has 0 saturated carbocycles. The molecule has 1 aromatic heterocycles. The van der Waals surface area contributed by atoms with Crippen LogP contribution in [0.5, 0.6) is 5.75 Å². The van der Waals surface area contributed by atoms with E-state index >= 15 is 0 Å². The summed E-state index contributed by atoms with van der Waals surface area (Å²) < 4.78 is 5.26. The Balaban J connectivity index is 1.61. The first-order valence-electron chi connectivity index (χ1n) is 11.2. The van der Waals surface area contributed by atoms with Crippen LogP contribution in [-0.4, -0.2) is 28.2 Å². The predicted molar refractivity (Wildman–Crippen MR) is 141 cm³/mol. The van der Waals surface area contributed by atoms with Gasteiger partial charge in [-0.05, 0) is 60.0 Å². The number of ether oxygens (including phenoxy) is 1. The standard InChI is InChI=1S/C27H26Cl2N4O2/c1-3-18-4-6-19(7-5-18)16-33(27(34)31-25-13-10-22(28)14-24(25)29)17-21-15-30-32-26(21)20-8-11-23(35-2)12-9-20/h4-15H,3,16-17H2,1-2H3,(H,30,32)(H,31,34). The van der Waals surface area contributed by atoms with Crippen LogP contribution in [0.4, 0.5) is 10.5 Å². The van der Waals surface area contributed by atoms with Gasteiger partial charge in [0.05, 0.1) is 36.3 Å². The topological polar surface area (TPSA) is 70.2 Å².